The molecule has 12 heteroatoms. The van der Waals surface area contributed by atoms with Crippen LogP contribution < -0.4 is 15.3 Å². The Balaban J connectivity index is 2.19. The Morgan fingerprint density at radius 3 is 2.52 bits per heavy atom. The molecule has 0 saturated carbocycles. The number of hydrogen-bond donors (Lipinski definition) is 1. The number of rotatable bonds is 8. The summed E-state index contributed by atoms with van der Waals surface area (Å²) in [5.41, 5.74) is -1.48. The van der Waals surface area contributed by atoms with Gasteiger partial charge in [0.1, 0.15) is 5.71 Å². The highest BCUT2D eigenvalue weighted by Crippen LogP contribution is 2.33. The Bertz CT molecular complexity index is 1270. The number of nitrogens with zero attached hydrogens (tertiary/aromatic N) is 4. The number of nitro groups is 1. The number of aliphatic imine (C=N–C) groups is 1. The summed E-state index contributed by atoms with van der Waals surface area (Å²) in [6.45, 7) is 1.98. The smallest absolute Gasteiger partial charge is 0.351 e. The predicted octanol–water partition coefficient (Wildman–Crippen LogP) is 1.98. The van der Waals surface area contributed by atoms with Gasteiger partial charge < -0.3 is 9.47 Å². The van der Waals surface area contributed by atoms with Crippen LogP contribution in [0.1, 0.15) is 18.1 Å². The lowest BCUT2D eigenvalue weighted by Crippen LogP contribution is -2.50. The number of allylic oxidation sites excluding steroid dienone is 1. The zero-order chi connectivity index (χ0) is 24.2. The van der Waals surface area contributed by atoms with Crippen LogP contribution in [0.4, 0.5) is 0 Å². The molecule has 0 spiro atoms. The maximum Gasteiger partial charge on any atom is 0.351 e. The van der Waals surface area contributed by atoms with Crippen LogP contribution in [0.3, 0.4) is 0 Å². The number of hydrogen-bond acceptors (Lipinski definition) is 10. The van der Waals surface area contributed by atoms with E-state index in [1.165, 1.54) is 18.2 Å². The van der Waals surface area contributed by atoms with Crippen molar-refractivity contribution in [3.8, 4) is 17.6 Å². The summed E-state index contributed by atoms with van der Waals surface area (Å²) >= 11 is 0. The molecular formula is C21H21N5O6S. The van der Waals surface area contributed by atoms with Crippen LogP contribution in [-0.4, -0.2) is 42.4 Å². The highest BCUT2D eigenvalue weighted by molar-refractivity contribution is 7.91. The molecule has 0 aromatic heterocycles. The molecule has 172 valence electrons. The fraction of sp³-hybridized carbons (Fsp3) is 0.238. The van der Waals surface area contributed by atoms with Crippen molar-refractivity contribution in [1.29, 1.82) is 5.26 Å². The Hall–Kier alpha value is -3.95. The highest BCUT2D eigenvalue weighted by Gasteiger charge is 2.42. The fourth-order valence-corrected chi connectivity index (χ4v) is 3.97. The van der Waals surface area contributed by atoms with Crippen molar-refractivity contribution < 1.29 is 22.8 Å². The number of sulfone groups is 1. The Morgan fingerprint density at radius 1 is 1.24 bits per heavy atom. The third kappa shape index (κ3) is 5.28. The van der Waals surface area contributed by atoms with E-state index >= 15 is 0 Å². The summed E-state index contributed by atoms with van der Waals surface area (Å²) < 4.78 is 36.1. The van der Waals surface area contributed by atoms with E-state index in [0.29, 0.717) is 10.6 Å². The second kappa shape index (κ2) is 9.68. The van der Waals surface area contributed by atoms with Crippen LogP contribution in [0.2, 0.25) is 0 Å². The molecule has 1 unspecified atom stereocenters. The molecular weight excluding hydrogens is 450 g/mol. The van der Waals surface area contributed by atoms with E-state index in [1.807, 2.05) is 6.07 Å². The van der Waals surface area contributed by atoms with Gasteiger partial charge >= 0.3 is 5.70 Å². The second-order valence-electron chi connectivity index (χ2n) is 7.02. The molecule has 1 aliphatic rings. The number of benzene rings is 2. The molecule has 0 radical (unpaired) electrons. The SMILES string of the molecule is CCOc1ccc(C#N)cc1OC1=C([N+](=O)[O-])C(Cc2ccccc2)=NC(S(C)(=O)=O)N1N. The van der Waals surface area contributed by atoms with Gasteiger partial charge in [-0.25, -0.2) is 24.3 Å². The van der Waals surface area contributed by atoms with Gasteiger partial charge in [-0.05, 0) is 24.6 Å². The molecule has 1 heterocycles. The predicted molar refractivity (Wildman–Crippen MR) is 119 cm³/mol. The van der Waals surface area contributed by atoms with Gasteiger partial charge in [0.05, 0.1) is 23.2 Å². The van der Waals surface area contributed by atoms with Crippen LogP contribution in [-0.2, 0) is 16.3 Å². The van der Waals surface area contributed by atoms with Crippen molar-refractivity contribution in [2.45, 2.75) is 18.8 Å². The van der Waals surface area contributed by atoms with Gasteiger partial charge in [-0.15, -0.1) is 0 Å². The summed E-state index contributed by atoms with van der Waals surface area (Å²) in [4.78, 5) is 15.4. The van der Waals surface area contributed by atoms with E-state index in [4.69, 9.17) is 15.3 Å². The summed E-state index contributed by atoms with van der Waals surface area (Å²) in [6, 6.07) is 15.0. The van der Waals surface area contributed by atoms with E-state index in [2.05, 4.69) is 4.99 Å². The monoisotopic (exact) mass is 471 g/mol. The zero-order valence-corrected chi connectivity index (χ0v) is 18.7. The van der Waals surface area contributed by atoms with Gasteiger partial charge in [0.25, 0.3) is 5.88 Å². The van der Waals surface area contributed by atoms with Crippen LogP contribution >= 0.6 is 0 Å². The van der Waals surface area contributed by atoms with E-state index in [9.17, 15) is 23.8 Å². The third-order valence-electron chi connectivity index (χ3n) is 4.57. The van der Waals surface area contributed by atoms with Crippen molar-refractivity contribution in [3.05, 3.63) is 81.4 Å². The van der Waals surface area contributed by atoms with Gasteiger partial charge in [0.15, 0.2) is 21.3 Å². The van der Waals surface area contributed by atoms with Crippen molar-refractivity contribution in [1.82, 2.24) is 5.01 Å². The molecule has 0 saturated heterocycles. The topological polar surface area (TPSA) is 161 Å². The van der Waals surface area contributed by atoms with Crippen molar-refractivity contribution in [2.24, 2.45) is 10.8 Å². The fourth-order valence-electron chi connectivity index (χ4n) is 3.14. The standard InChI is InChI=1S/C21H21N5O6S/c1-3-31-17-10-9-15(13-22)12-18(17)32-20-19(26(27)28)16(11-14-7-5-4-6-8-14)24-21(25(20)23)33(2,29)30/h4-10,12,21H,3,11,23H2,1-2H3. The van der Waals surface area contributed by atoms with Gasteiger partial charge in [0, 0.05) is 18.7 Å². The van der Waals surface area contributed by atoms with Gasteiger partial charge in [-0.2, -0.15) is 5.26 Å². The molecule has 11 nitrogen and oxygen atoms in total. The van der Waals surface area contributed by atoms with Gasteiger partial charge in [0.2, 0.25) is 5.50 Å². The first-order valence-corrected chi connectivity index (χ1v) is 11.7. The normalized spacial score (nSPS) is 16.1. The number of ether oxygens (including phenoxy) is 2. The van der Waals surface area contributed by atoms with Crippen molar-refractivity contribution in [2.75, 3.05) is 12.9 Å². The minimum absolute atomic E-state index is 0.0274. The summed E-state index contributed by atoms with van der Waals surface area (Å²) in [5, 5.41) is 21.9. The maximum absolute atomic E-state index is 12.4. The Morgan fingerprint density at radius 2 is 1.94 bits per heavy atom. The molecule has 0 aliphatic carbocycles. The van der Waals surface area contributed by atoms with E-state index in [1.54, 1.807) is 37.3 Å². The van der Waals surface area contributed by atoms with Crippen molar-refractivity contribution >= 4 is 15.5 Å². The molecule has 1 aliphatic heterocycles. The molecule has 2 N–H and O–H groups in total. The summed E-state index contributed by atoms with van der Waals surface area (Å²) in [6.07, 6.45) is 0.887. The molecule has 2 aromatic carbocycles. The molecule has 0 fully saturated rings. The summed E-state index contributed by atoms with van der Waals surface area (Å²) in [7, 11) is -3.91. The van der Waals surface area contributed by atoms with Crippen LogP contribution in [0.5, 0.6) is 11.5 Å². The molecule has 0 amide bonds. The van der Waals surface area contributed by atoms with E-state index in [0.717, 1.165) is 6.26 Å². The van der Waals surface area contributed by atoms with E-state index in [-0.39, 0.29) is 35.8 Å². The maximum atomic E-state index is 12.4. The first-order chi connectivity index (χ1) is 15.7. The lowest BCUT2D eigenvalue weighted by Gasteiger charge is -2.30. The molecule has 0 bridgehead atoms. The average molecular weight is 471 g/mol. The highest BCUT2D eigenvalue weighted by atomic mass is 32.2. The van der Waals surface area contributed by atoms with Crippen LogP contribution in [0.25, 0.3) is 0 Å². The quantitative estimate of drug-likeness (QED) is 0.345. The Labute approximate surface area is 190 Å². The van der Waals surface area contributed by atoms with Crippen molar-refractivity contribution in [3.63, 3.8) is 0 Å². The summed E-state index contributed by atoms with van der Waals surface area (Å²) in [5.74, 6) is 5.62. The molecule has 3 rings (SSSR count). The largest absolute Gasteiger partial charge is 0.490 e. The molecule has 2 aromatic rings. The van der Waals surface area contributed by atoms with Crippen LogP contribution in [0, 0.1) is 21.4 Å². The van der Waals surface area contributed by atoms with Gasteiger partial charge in [-0.3, -0.25) is 10.1 Å². The molecule has 33 heavy (non-hydrogen) atoms. The number of nitriles is 1. The Kier molecular flexibility index (Phi) is 6.95. The lowest BCUT2D eigenvalue weighted by molar-refractivity contribution is -0.419. The lowest BCUT2D eigenvalue weighted by atomic mass is 10.1. The first-order valence-electron chi connectivity index (χ1n) is 9.73. The zero-order valence-electron chi connectivity index (χ0n) is 17.8. The number of hydrazine groups is 1. The molecule has 1 atom stereocenters. The average Bonchev–Trinajstić information content (AvgIpc) is 2.76. The third-order valence-corrected chi connectivity index (χ3v) is 5.67. The second-order valence-corrected chi connectivity index (χ2v) is 9.10. The first kappa shape index (κ1) is 23.7. The number of nitrogens with two attached hydrogens (primary N) is 1. The minimum atomic E-state index is -3.91. The van der Waals surface area contributed by atoms with E-state index < -0.39 is 31.8 Å². The minimum Gasteiger partial charge on any atom is -0.490 e. The van der Waals surface area contributed by atoms with Crippen LogP contribution in [0.15, 0.2) is 65.1 Å². The van der Waals surface area contributed by atoms with Gasteiger partial charge in [-0.1, -0.05) is 30.3 Å².